The summed E-state index contributed by atoms with van der Waals surface area (Å²) in [5, 5.41) is 3.91. The van der Waals surface area contributed by atoms with Crippen molar-refractivity contribution in [2.45, 2.75) is 33.2 Å². The van der Waals surface area contributed by atoms with Gasteiger partial charge in [-0.1, -0.05) is 18.5 Å². The fourth-order valence-electron chi connectivity index (χ4n) is 3.95. The molecule has 0 saturated carbocycles. The monoisotopic (exact) mass is 410 g/mol. The van der Waals surface area contributed by atoms with Crippen LogP contribution in [0.2, 0.25) is 0 Å². The van der Waals surface area contributed by atoms with Crippen molar-refractivity contribution in [3.05, 3.63) is 52.4 Å². The average Bonchev–Trinajstić information content (AvgIpc) is 3.27. The Balaban J connectivity index is 1.40. The number of aryl methyl sites for hydroxylation is 1. The number of hydrogen-bond donors (Lipinski definition) is 0. The van der Waals surface area contributed by atoms with Crippen LogP contribution in [0.1, 0.15) is 62.3 Å². The molecule has 0 radical (unpaired) electrons. The van der Waals surface area contributed by atoms with Gasteiger partial charge in [-0.2, -0.15) is 0 Å². The smallest absolute Gasteiger partial charge is 0.261 e. The van der Waals surface area contributed by atoms with E-state index in [9.17, 15) is 14.4 Å². The maximum atomic E-state index is 13.0. The summed E-state index contributed by atoms with van der Waals surface area (Å²) in [7, 11) is 0. The summed E-state index contributed by atoms with van der Waals surface area (Å²) in [6.45, 7) is 7.65. The molecule has 4 rings (SSSR count). The number of aromatic nitrogens is 1. The van der Waals surface area contributed by atoms with Crippen molar-refractivity contribution in [3.8, 4) is 0 Å². The van der Waals surface area contributed by atoms with Gasteiger partial charge in [-0.25, -0.2) is 0 Å². The molecule has 158 valence electrons. The van der Waals surface area contributed by atoms with Crippen LogP contribution in [0, 0.1) is 6.92 Å². The minimum atomic E-state index is -0.301. The lowest BCUT2D eigenvalue weighted by Gasteiger charge is -2.34. The predicted molar refractivity (Wildman–Crippen MR) is 109 cm³/mol. The van der Waals surface area contributed by atoms with Crippen molar-refractivity contribution in [2.75, 3.05) is 32.7 Å². The Kier molecular flexibility index (Phi) is 5.67. The van der Waals surface area contributed by atoms with Crippen LogP contribution in [0.15, 0.2) is 28.8 Å². The van der Waals surface area contributed by atoms with E-state index in [2.05, 4.69) is 10.1 Å². The van der Waals surface area contributed by atoms with Crippen molar-refractivity contribution in [3.63, 3.8) is 0 Å². The molecule has 2 aliphatic heterocycles. The summed E-state index contributed by atoms with van der Waals surface area (Å²) in [6.07, 6.45) is 1.67. The van der Waals surface area contributed by atoms with Gasteiger partial charge in [0.2, 0.25) is 0 Å². The van der Waals surface area contributed by atoms with E-state index in [1.54, 1.807) is 23.1 Å². The van der Waals surface area contributed by atoms with E-state index in [1.165, 1.54) is 4.90 Å². The molecule has 1 fully saturated rings. The SMILES string of the molecule is CCCCN1C(=O)c2ccc(C(=O)N3CCN(Cc4cc(C)no4)CC3)cc2C1=O. The van der Waals surface area contributed by atoms with Gasteiger partial charge in [-0.05, 0) is 31.5 Å². The summed E-state index contributed by atoms with van der Waals surface area (Å²) in [5.74, 6) is 0.144. The Morgan fingerprint density at radius 2 is 1.80 bits per heavy atom. The number of fused-ring (bicyclic) bond motifs is 1. The van der Waals surface area contributed by atoms with Gasteiger partial charge in [0.05, 0.1) is 23.4 Å². The van der Waals surface area contributed by atoms with Crippen molar-refractivity contribution in [1.82, 2.24) is 19.9 Å². The second-order valence-corrected chi connectivity index (χ2v) is 7.88. The third kappa shape index (κ3) is 3.87. The maximum Gasteiger partial charge on any atom is 0.261 e. The fourth-order valence-corrected chi connectivity index (χ4v) is 3.95. The molecular weight excluding hydrogens is 384 g/mol. The molecule has 0 N–H and O–H groups in total. The summed E-state index contributed by atoms with van der Waals surface area (Å²) in [6, 6.07) is 6.76. The predicted octanol–water partition coefficient (Wildman–Crippen LogP) is 2.34. The quantitative estimate of drug-likeness (QED) is 0.680. The number of rotatable bonds is 6. The normalized spacial score (nSPS) is 17.0. The highest BCUT2D eigenvalue weighted by atomic mass is 16.5. The summed E-state index contributed by atoms with van der Waals surface area (Å²) in [5.41, 5.74) is 2.03. The molecule has 0 spiro atoms. The second kappa shape index (κ2) is 8.39. The highest BCUT2D eigenvalue weighted by molar-refractivity contribution is 6.22. The van der Waals surface area contributed by atoms with Crippen LogP contribution in [0.25, 0.3) is 0 Å². The Labute approximate surface area is 175 Å². The van der Waals surface area contributed by atoms with E-state index in [4.69, 9.17) is 4.52 Å². The molecule has 8 heteroatoms. The number of piperazine rings is 1. The van der Waals surface area contributed by atoms with Gasteiger partial charge in [0.1, 0.15) is 0 Å². The van der Waals surface area contributed by atoms with Gasteiger partial charge < -0.3 is 9.42 Å². The first kappa shape index (κ1) is 20.3. The minimum Gasteiger partial charge on any atom is -0.360 e. The number of nitrogens with zero attached hydrogens (tertiary/aromatic N) is 4. The third-order valence-corrected chi connectivity index (χ3v) is 5.67. The van der Waals surface area contributed by atoms with E-state index in [0.29, 0.717) is 42.9 Å². The standard InChI is InChI=1S/C22H26N4O4/c1-3-4-7-26-21(28)18-6-5-16(13-19(18)22(26)29)20(27)25-10-8-24(9-11-25)14-17-12-15(2)23-30-17/h5-6,12-13H,3-4,7-11,14H2,1-2H3. The Bertz CT molecular complexity index is 975. The lowest BCUT2D eigenvalue weighted by atomic mass is 10.0. The average molecular weight is 410 g/mol. The van der Waals surface area contributed by atoms with Crippen LogP contribution in [-0.4, -0.2) is 70.3 Å². The highest BCUT2D eigenvalue weighted by Gasteiger charge is 2.36. The molecule has 0 aliphatic carbocycles. The minimum absolute atomic E-state index is 0.111. The summed E-state index contributed by atoms with van der Waals surface area (Å²) >= 11 is 0. The fraction of sp³-hybridized carbons (Fsp3) is 0.455. The Morgan fingerprint density at radius 3 is 2.47 bits per heavy atom. The molecule has 2 aliphatic rings. The lowest BCUT2D eigenvalue weighted by molar-refractivity contribution is 0.0616. The van der Waals surface area contributed by atoms with E-state index >= 15 is 0 Å². The number of benzene rings is 1. The van der Waals surface area contributed by atoms with E-state index in [1.807, 2.05) is 19.9 Å². The molecular formula is C22H26N4O4. The van der Waals surface area contributed by atoms with Gasteiger partial charge in [0, 0.05) is 44.4 Å². The van der Waals surface area contributed by atoms with Crippen molar-refractivity contribution in [1.29, 1.82) is 0 Å². The Morgan fingerprint density at radius 1 is 1.07 bits per heavy atom. The third-order valence-electron chi connectivity index (χ3n) is 5.67. The molecule has 0 unspecified atom stereocenters. The zero-order valence-corrected chi connectivity index (χ0v) is 17.4. The molecule has 3 amide bonds. The Hall–Kier alpha value is -3.00. The molecule has 1 saturated heterocycles. The van der Waals surface area contributed by atoms with Crippen LogP contribution < -0.4 is 0 Å². The molecule has 3 heterocycles. The number of carbonyl (C=O) groups is 3. The van der Waals surface area contributed by atoms with Gasteiger partial charge in [-0.15, -0.1) is 0 Å². The van der Waals surface area contributed by atoms with E-state index < -0.39 is 0 Å². The van der Waals surface area contributed by atoms with Crippen molar-refractivity contribution in [2.24, 2.45) is 0 Å². The highest BCUT2D eigenvalue weighted by Crippen LogP contribution is 2.25. The maximum absolute atomic E-state index is 13.0. The lowest BCUT2D eigenvalue weighted by Crippen LogP contribution is -2.48. The second-order valence-electron chi connectivity index (χ2n) is 7.88. The molecule has 2 aromatic rings. The number of carbonyl (C=O) groups excluding carboxylic acids is 3. The number of hydrogen-bond acceptors (Lipinski definition) is 6. The van der Waals surface area contributed by atoms with Crippen molar-refractivity contribution >= 4 is 17.7 Å². The molecule has 8 nitrogen and oxygen atoms in total. The van der Waals surface area contributed by atoms with Crippen molar-refractivity contribution < 1.29 is 18.9 Å². The zero-order chi connectivity index (χ0) is 21.3. The van der Waals surface area contributed by atoms with Gasteiger partial charge >= 0.3 is 0 Å². The zero-order valence-electron chi connectivity index (χ0n) is 17.4. The van der Waals surface area contributed by atoms with Crippen LogP contribution in [0.5, 0.6) is 0 Å². The van der Waals surface area contributed by atoms with Crippen LogP contribution in [0.3, 0.4) is 0 Å². The molecule has 0 bridgehead atoms. The van der Waals surface area contributed by atoms with Gasteiger partial charge in [0.25, 0.3) is 17.7 Å². The summed E-state index contributed by atoms with van der Waals surface area (Å²) in [4.78, 5) is 43.4. The topological polar surface area (TPSA) is 87.0 Å². The summed E-state index contributed by atoms with van der Waals surface area (Å²) < 4.78 is 5.27. The first-order valence-corrected chi connectivity index (χ1v) is 10.4. The molecule has 0 atom stereocenters. The van der Waals surface area contributed by atoms with E-state index in [0.717, 1.165) is 37.4 Å². The molecule has 30 heavy (non-hydrogen) atoms. The van der Waals surface area contributed by atoms with Gasteiger partial charge in [-0.3, -0.25) is 24.2 Å². The number of amides is 3. The number of imide groups is 1. The van der Waals surface area contributed by atoms with E-state index in [-0.39, 0.29) is 17.7 Å². The molecule has 1 aromatic carbocycles. The first-order valence-electron chi connectivity index (χ1n) is 10.4. The molecule has 1 aromatic heterocycles. The first-order chi connectivity index (χ1) is 14.5. The number of unbranched alkanes of at least 4 members (excludes halogenated alkanes) is 1. The van der Waals surface area contributed by atoms with Gasteiger partial charge in [0.15, 0.2) is 5.76 Å². The van der Waals surface area contributed by atoms with Crippen LogP contribution in [-0.2, 0) is 6.54 Å². The largest absolute Gasteiger partial charge is 0.360 e. The van der Waals surface area contributed by atoms with Crippen LogP contribution in [0.4, 0.5) is 0 Å². The van der Waals surface area contributed by atoms with Crippen LogP contribution >= 0.6 is 0 Å².